The first-order valence-corrected chi connectivity index (χ1v) is 42.3. The maximum absolute atomic E-state index is 7.26. The standard InChI is InChI=1S/C57H128N15O6P3S6/c1-42(2)67(43(3)4)79(76-32-30-73-39-57(21,22)87-85-37-29-66-56(62)63)69(46(9)10)50(17)23-25-52(19)71(48(13)14)81(77-33-31-75-41-86-83-36-28-65-55(60)61)72(49(15)16)53(20)26-24-51(18)70(47(11)12)80(68(44(5)6)45(7)8)78-40-74-34-38-84-82-35-27-64-54(58)59/h42-53H,23-41H2,1-22H3,(H4,58,59,64)(H4,60,61,65)(H4,62,63,66). The Morgan fingerprint density at radius 2 is 0.678 bits per heavy atom. The molecule has 0 aliphatic carbocycles. The predicted molar refractivity (Wildman–Crippen MR) is 396 cm³/mol. The fourth-order valence-electron chi connectivity index (χ4n) is 9.81. The van der Waals surface area contributed by atoms with Gasteiger partial charge in [-0.05, 0) is 178 Å². The number of nitrogens with zero attached hydrogens (tertiary/aromatic N) is 9. The van der Waals surface area contributed by atoms with Crippen LogP contribution in [0.4, 0.5) is 0 Å². The molecule has 7 unspecified atom stereocenters. The predicted octanol–water partition coefficient (Wildman–Crippen LogP) is 12.6. The van der Waals surface area contributed by atoms with Crippen molar-refractivity contribution in [1.29, 1.82) is 0 Å². The van der Waals surface area contributed by atoms with E-state index >= 15 is 0 Å². The van der Waals surface area contributed by atoms with Crippen molar-refractivity contribution in [3.63, 3.8) is 0 Å². The Balaban J connectivity index is 6.84. The first-order valence-electron chi connectivity index (χ1n) is 31.5. The van der Waals surface area contributed by atoms with Gasteiger partial charge in [0, 0.05) is 100 Å². The van der Waals surface area contributed by atoms with Crippen LogP contribution in [-0.4, -0.2) is 218 Å². The average molecular weight is 1410 g/mol. The quantitative estimate of drug-likeness (QED) is 0.00825. The van der Waals surface area contributed by atoms with Crippen LogP contribution in [-0.2, 0) is 27.8 Å². The third-order valence-electron chi connectivity index (χ3n) is 13.1. The molecule has 0 aromatic heterocycles. The molecule has 0 amide bonds. The van der Waals surface area contributed by atoms with Gasteiger partial charge in [-0.25, -0.2) is 28.0 Å². The molecule has 0 aromatic carbocycles. The lowest BCUT2D eigenvalue weighted by Crippen LogP contribution is -2.47. The van der Waals surface area contributed by atoms with E-state index in [1.54, 1.807) is 64.8 Å². The molecule has 87 heavy (non-hydrogen) atoms. The summed E-state index contributed by atoms with van der Waals surface area (Å²) in [6.45, 7) is 56.1. The Morgan fingerprint density at radius 1 is 0.368 bits per heavy atom. The van der Waals surface area contributed by atoms with Crippen molar-refractivity contribution in [2.45, 2.75) is 255 Å². The van der Waals surface area contributed by atoms with Crippen molar-refractivity contribution in [2.75, 3.05) is 95.0 Å². The van der Waals surface area contributed by atoms with Crippen LogP contribution < -0.4 is 34.4 Å². The second-order valence-electron chi connectivity index (χ2n) is 24.4. The molecule has 518 valence electrons. The summed E-state index contributed by atoms with van der Waals surface area (Å²) < 4.78 is 55.5. The van der Waals surface area contributed by atoms with E-state index in [2.05, 4.69) is 195 Å². The van der Waals surface area contributed by atoms with Crippen molar-refractivity contribution >= 4 is 108 Å². The zero-order chi connectivity index (χ0) is 66.4. The van der Waals surface area contributed by atoms with Crippen molar-refractivity contribution in [1.82, 2.24) is 28.0 Å². The molecule has 0 saturated carbocycles. The summed E-state index contributed by atoms with van der Waals surface area (Å²) in [7, 11) is 6.90. The first-order chi connectivity index (χ1) is 40.8. The van der Waals surface area contributed by atoms with Crippen LogP contribution in [0.2, 0.25) is 0 Å². The van der Waals surface area contributed by atoms with Crippen LogP contribution in [0.5, 0.6) is 0 Å². The van der Waals surface area contributed by atoms with Gasteiger partial charge in [-0.15, -0.1) is 0 Å². The van der Waals surface area contributed by atoms with E-state index in [1.165, 1.54) is 0 Å². The molecular weight excluding hydrogens is 1280 g/mol. The SMILES string of the molecule is CC(C)N(C(C)C)P(OCCOCC(C)(C)SSCCN=C(N)N)N(C(C)C)C(C)CCC(C)N(C(C)C)P(OCCOCSSCCN=C(N)N)N(C(C)C)C(C)CCC(C)N(C(C)C)P(OCOCCSSCCN=C(N)N)N(C(C)C)C(C)C. The van der Waals surface area contributed by atoms with Gasteiger partial charge in [0.2, 0.25) is 0 Å². The third-order valence-corrected chi connectivity index (χ3v) is 29.6. The minimum absolute atomic E-state index is 0.0833. The van der Waals surface area contributed by atoms with Crippen LogP contribution in [0.3, 0.4) is 0 Å². The Labute approximate surface area is 559 Å². The number of hydrogen-bond acceptors (Lipinski definition) is 21. The van der Waals surface area contributed by atoms with Crippen molar-refractivity contribution in [2.24, 2.45) is 49.4 Å². The molecule has 21 nitrogen and oxygen atoms in total. The summed E-state index contributed by atoms with van der Waals surface area (Å²) in [5.74, 6) is 4.24. The largest absolute Gasteiger partial charge is 0.378 e. The Morgan fingerprint density at radius 3 is 1.03 bits per heavy atom. The minimum atomic E-state index is -1.25. The molecule has 0 saturated heterocycles. The van der Waals surface area contributed by atoms with Crippen LogP contribution in [0.1, 0.15) is 178 Å². The molecular formula is C57H128N15O6P3S6. The molecule has 7 atom stereocenters. The van der Waals surface area contributed by atoms with E-state index in [0.29, 0.717) is 65.2 Å². The number of guanidine groups is 3. The maximum Gasteiger partial charge on any atom is 0.191 e. The molecule has 0 spiro atoms. The third kappa shape index (κ3) is 38.8. The number of ether oxygens (including phenoxy) is 3. The zero-order valence-electron chi connectivity index (χ0n) is 58.1. The maximum atomic E-state index is 7.26. The molecule has 0 rings (SSSR count). The summed E-state index contributed by atoms with van der Waals surface area (Å²) in [5, 5.41) is 0. The highest BCUT2D eigenvalue weighted by atomic mass is 33.1. The highest BCUT2D eigenvalue weighted by Crippen LogP contribution is 2.55. The fourth-order valence-corrected chi connectivity index (χ4v) is 22.5. The number of aliphatic imine (C=N–C) groups is 3. The number of nitrogens with two attached hydrogens (primary N) is 6. The molecule has 0 fully saturated rings. The van der Waals surface area contributed by atoms with Crippen LogP contribution in [0, 0.1) is 0 Å². The molecule has 0 bridgehead atoms. The lowest BCUT2D eigenvalue weighted by Gasteiger charge is -2.48. The zero-order valence-corrected chi connectivity index (χ0v) is 65.7. The second-order valence-corrected chi connectivity index (χ2v) is 37.8. The highest BCUT2D eigenvalue weighted by molar-refractivity contribution is 8.77. The second kappa shape index (κ2) is 50.2. The van der Waals surface area contributed by atoms with E-state index in [9.17, 15) is 0 Å². The summed E-state index contributed by atoms with van der Waals surface area (Å²) >= 11 is 0. The van der Waals surface area contributed by atoms with Gasteiger partial charge in [-0.3, -0.25) is 15.0 Å². The number of rotatable bonds is 55. The van der Waals surface area contributed by atoms with Gasteiger partial charge < -0.3 is 62.2 Å². The Hall–Kier alpha value is 0.720. The number of hydrogen-bond donors (Lipinski definition) is 6. The van der Waals surface area contributed by atoms with E-state index in [-0.39, 0.29) is 102 Å². The van der Waals surface area contributed by atoms with Crippen LogP contribution >= 0.6 is 90.1 Å². The molecule has 0 aromatic rings. The van der Waals surface area contributed by atoms with Gasteiger partial charge in [0.15, 0.2) is 50.0 Å². The topological polar surface area (TPSA) is 268 Å². The molecule has 0 heterocycles. The molecule has 0 radical (unpaired) electrons. The molecule has 0 aliphatic heterocycles. The van der Waals surface area contributed by atoms with Crippen molar-refractivity contribution in [3.8, 4) is 0 Å². The summed E-state index contributed by atoms with van der Waals surface area (Å²) in [5.41, 5.74) is 33.1. The van der Waals surface area contributed by atoms with Gasteiger partial charge in [0.25, 0.3) is 0 Å². The normalized spacial score (nSPS) is 15.3. The van der Waals surface area contributed by atoms with E-state index in [0.717, 1.165) is 48.7 Å². The van der Waals surface area contributed by atoms with Gasteiger partial charge in [0.1, 0.15) is 5.94 Å². The smallest absolute Gasteiger partial charge is 0.191 e. The minimum Gasteiger partial charge on any atom is -0.378 e. The fraction of sp³-hybridized carbons (Fsp3) is 0.947. The summed E-state index contributed by atoms with van der Waals surface area (Å²) in [4.78, 5) is 12.3. The van der Waals surface area contributed by atoms with Gasteiger partial charge in [0.05, 0.1) is 59.3 Å². The Kier molecular flexibility index (Phi) is 50.6. The average Bonchev–Trinajstić information content (AvgIpc) is 3.19. The molecule has 0 aliphatic rings. The molecule has 30 heteroatoms. The van der Waals surface area contributed by atoms with E-state index < -0.39 is 25.3 Å². The monoisotopic (exact) mass is 1400 g/mol. The Bertz CT molecular complexity index is 1790. The van der Waals surface area contributed by atoms with Gasteiger partial charge in [-0.2, -0.15) is 0 Å². The summed E-state index contributed by atoms with van der Waals surface area (Å²) in [6.07, 6.45) is 3.93. The lowest BCUT2D eigenvalue weighted by atomic mass is 10.1. The van der Waals surface area contributed by atoms with Crippen molar-refractivity contribution in [3.05, 3.63) is 0 Å². The van der Waals surface area contributed by atoms with Crippen LogP contribution in [0.25, 0.3) is 0 Å². The lowest BCUT2D eigenvalue weighted by molar-refractivity contribution is 0.0147. The highest BCUT2D eigenvalue weighted by Gasteiger charge is 2.41. The van der Waals surface area contributed by atoms with Gasteiger partial charge >= 0.3 is 0 Å². The van der Waals surface area contributed by atoms with Crippen LogP contribution in [0.15, 0.2) is 15.0 Å². The molecule has 12 N–H and O–H groups in total. The van der Waals surface area contributed by atoms with E-state index in [4.69, 9.17) is 62.2 Å². The van der Waals surface area contributed by atoms with Gasteiger partial charge in [-0.1, -0.05) is 64.8 Å². The van der Waals surface area contributed by atoms with Crippen molar-refractivity contribution < 1.29 is 27.8 Å². The summed E-state index contributed by atoms with van der Waals surface area (Å²) in [6, 6.07) is 2.92. The first kappa shape index (κ1) is 87.7. The van der Waals surface area contributed by atoms with E-state index in [1.807, 2.05) is 0 Å².